The highest BCUT2D eigenvalue weighted by Crippen LogP contribution is 1.86. The molecule has 0 aliphatic carbocycles. The molecule has 0 N–H and O–H groups in total. The Balaban J connectivity index is 2.99. The van der Waals surface area contributed by atoms with Crippen molar-refractivity contribution in [2.45, 2.75) is 0 Å². The Morgan fingerprint density at radius 3 is 1.00 bits per heavy atom. The van der Waals surface area contributed by atoms with Crippen LogP contribution in [0.2, 0.25) is 0 Å². The molecule has 0 bridgehead atoms. The number of halogens is 2. The van der Waals surface area contributed by atoms with Gasteiger partial charge in [-0.25, -0.2) is 0 Å². The maximum Gasteiger partial charge on any atom is 0.247 e. The minimum Gasteiger partial charge on any atom is -0.377 e. The van der Waals surface area contributed by atoms with Gasteiger partial charge in [0.15, 0.2) is 0 Å². The van der Waals surface area contributed by atoms with Crippen molar-refractivity contribution in [3.05, 3.63) is 0 Å². The molecular weight excluding hydrogens is 327 g/mol. The lowest BCUT2D eigenvalue weighted by Crippen LogP contribution is -2.14. The highest BCUT2D eigenvalue weighted by Gasteiger charge is 1.97. The molecule has 0 saturated carbocycles. The number of rotatable bonds is 16. The molecule has 21 heavy (non-hydrogen) atoms. The van der Waals surface area contributed by atoms with Crippen molar-refractivity contribution in [1.82, 2.24) is 0 Å². The van der Waals surface area contributed by atoms with Crippen LogP contribution in [-0.4, -0.2) is 76.6 Å². The van der Waals surface area contributed by atoms with Gasteiger partial charge in [-0.05, 0) is 23.2 Å². The number of hydrogen-bond donors (Lipinski definition) is 0. The molecule has 0 aliphatic rings. The van der Waals surface area contributed by atoms with Crippen LogP contribution in [0.5, 0.6) is 0 Å². The number of carbonyl (C=O) groups is 2. The van der Waals surface area contributed by atoms with Gasteiger partial charge in [0.05, 0.1) is 52.9 Å². The van der Waals surface area contributed by atoms with E-state index in [1.54, 1.807) is 0 Å². The van der Waals surface area contributed by atoms with Crippen molar-refractivity contribution in [3.63, 3.8) is 0 Å². The van der Waals surface area contributed by atoms with Gasteiger partial charge >= 0.3 is 0 Å². The molecule has 0 saturated heterocycles. The van der Waals surface area contributed by atoms with Crippen LogP contribution in [0.3, 0.4) is 0 Å². The molecular formula is C12H20Cl2O7. The first-order valence-electron chi connectivity index (χ1n) is 6.38. The summed E-state index contributed by atoms with van der Waals surface area (Å²) in [5.74, 6) is 0. The summed E-state index contributed by atoms with van der Waals surface area (Å²) in [6.07, 6.45) is 0. The van der Waals surface area contributed by atoms with E-state index in [4.69, 9.17) is 46.9 Å². The zero-order chi connectivity index (χ0) is 15.8. The van der Waals surface area contributed by atoms with Crippen LogP contribution in [0.15, 0.2) is 0 Å². The Kier molecular flexibility index (Phi) is 15.9. The topological polar surface area (TPSA) is 80.3 Å². The van der Waals surface area contributed by atoms with Crippen LogP contribution in [0.4, 0.5) is 0 Å². The SMILES string of the molecule is O=C(Cl)COCCOCCOCCOCCOCC(=O)Cl. The van der Waals surface area contributed by atoms with Gasteiger partial charge in [-0.1, -0.05) is 0 Å². The predicted molar refractivity (Wildman–Crippen MR) is 75.8 cm³/mol. The predicted octanol–water partition coefficient (Wildman–Crippen LogP) is 0.600. The van der Waals surface area contributed by atoms with Crippen LogP contribution in [-0.2, 0) is 33.3 Å². The lowest BCUT2D eigenvalue weighted by Gasteiger charge is -2.07. The Labute approximate surface area is 133 Å². The fourth-order valence-electron chi connectivity index (χ4n) is 1.08. The molecule has 0 unspecified atom stereocenters. The Morgan fingerprint density at radius 2 is 0.762 bits per heavy atom. The van der Waals surface area contributed by atoms with Crippen molar-refractivity contribution < 1.29 is 33.3 Å². The molecule has 0 spiro atoms. The van der Waals surface area contributed by atoms with E-state index in [1.165, 1.54) is 0 Å². The van der Waals surface area contributed by atoms with Gasteiger partial charge in [0.1, 0.15) is 13.2 Å². The van der Waals surface area contributed by atoms with Crippen LogP contribution >= 0.6 is 23.2 Å². The first kappa shape index (κ1) is 20.7. The van der Waals surface area contributed by atoms with Crippen LogP contribution in [0.1, 0.15) is 0 Å². The zero-order valence-electron chi connectivity index (χ0n) is 11.7. The summed E-state index contributed by atoms with van der Waals surface area (Å²) in [5, 5.41) is -1.06. The molecule has 0 amide bonds. The maximum atomic E-state index is 10.3. The Bertz CT molecular complexity index is 250. The van der Waals surface area contributed by atoms with Gasteiger partial charge in [-0.2, -0.15) is 0 Å². The quantitative estimate of drug-likeness (QED) is 0.299. The third kappa shape index (κ3) is 19.7. The van der Waals surface area contributed by atoms with Gasteiger partial charge in [0.25, 0.3) is 0 Å². The highest BCUT2D eigenvalue weighted by molar-refractivity contribution is 6.64. The van der Waals surface area contributed by atoms with E-state index in [0.717, 1.165) is 0 Å². The van der Waals surface area contributed by atoms with Crippen molar-refractivity contribution in [2.24, 2.45) is 0 Å². The third-order valence-corrected chi connectivity index (χ3v) is 2.14. The summed E-state index contributed by atoms with van der Waals surface area (Å²) in [6, 6.07) is 0. The van der Waals surface area contributed by atoms with E-state index in [-0.39, 0.29) is 13.2 Å². The van der Waals surface area contributed by atoms with Crippen molar-refractivity contribution >= 4 is 33.7 Å². The molecule has 124 valence electrons. The second kappa shape index (κ2) is 16.1. The fourth-order valence-corrected chi connectivity index (χ4v) is 1.24. The lowest BCUT2D eigenvalue weighted by molar-refractivity contribution is -0.117. The summed E-state index contributed by atoms with van der Waals surface area (Å²) < 4.78 is 25.4. The second-order valence-corrected chi connectivity index (χ2v) is 4.50. The first-order valence-corrected chi connectivity index (χ1v) is 7.14. The van der Waals surface area contributed by atoms with E-state index in [2.05, 4.69) is 0 Å². The average Bonchev–Trinajstić information content (AvgIpc) is 2.42. The van der Waals surface area contributed by atoms with Crippen LogP contribution in [0, 0.1) is 0 Å². The van der Waals surface area contributed by atoms with Crippen molar-refractivity contribution in [2.75, 3.05) is 66.1 Å². The van der Waals surface area contributed by atoms with Gasteiger partial charge in [0.2, 0.25) is 10.5 Å². The van der Waals surface area contributed by atoms with Gasteiger partial charge in [-0.3, -0.25) is 9.59 Å². The van der Waals surface area contributed by atoms with Crippen LogP contribution in [0.25, 0.3) is 0 Å². The molecule has 0 atom stereocenters. The molecule has 0 aliphatic heterocycles. The first-order chi connectivity index (χ1) is 10.1. The maximum absolute atomic E-state index is 10.3. The Hall–Kier alpha value is -0.280. The molecule has 0 aromatic carbocycles. The van der Waals surface area contributed by atoms with E-state index < -0.39 is 10.5 Å². The fraction of sp³-hybridized carbons (Fsp3) is 0.833. The summed E-state index contributed by atoms with van der Waals surface area (Å²) in [6.45, 7) is 2.89. The largest absolute Gasteiger partial charge is 0.377 e. The Morgan fingerprint density at radius 1 is 0.524 bits per heavy atom. The molecule has 7 nitrogen and oxygen atoms in total. The highest BCUT2D eigenvalue weighted by atomic mass is 35.5. The van der Waals surface area contributed by atoms with Crippen molar-refractivity contribution in [3.8, 4) is 0 Å². The van der Waals surface area contributed by atoms with Crippen LogP contribution < -0.4 is 0 Å². The summed E-state index contributed by atoms with van der Waals surface area (Å²) in [7, 11) is 0. The molecule has 9 heteroatoms. The minimum atomic E-state index is -0.530. The molecule has 0 fully saturated rings. The smallest absolute Gasteiger partial charge is 0.247 e. The molecule has 0 aromatic rings. The molecule has 0 heterocycles. The third-order valence-electron chi connectivity index (χ3n) is 1.92. The lowest BCUT2D eigenvalue weighted by atomic mass is 10.7. The number of hydrogen-bond acceptors (Lipinski definition) is 7. The average molecular weight is 347 g/mol. The van der Waals surface area contributed by atoms with Crippen molar-refractivity contribution in [1.29, 1.82) is 0 Å². The molecule has 0 aromatic heterocycles. The summed E-state index contributed by atoms with van der Waals surface area (Å²) >= 11 is 10.2. The minimum absolute atomic E-state index is 0.110. The van der Waals surface area contributed by atoms with E-state index >= 15 is 0 Å². The molecule has 0 radical (unpaired) electrons. The normalized spacial score (nSPS) is 10.8. The standard InChI is InChI=1S/C12H20Cl2O7/c13-11(15)9-20-7-5-18-3-1-17-2-4-19-6-8-21-10-12(14)16/h1-10H2. The summed E-state index contributed by atoms with van der Waals surface area (Å²) in [5.41, 5.74) is 0. The van der Waals surface area contributed by atoms with E-state index in [9.17, 15) is 9.59 Å². The monoisotopic (exact) mass is 346 g/mol. The van der Waals surface area contributed by atoms with Gasteiger partial charge in [0, 0.05) is 0 Å². The molecule has 0 rings (SSSR count). The summed E-state index contributed by atoms with van der Waals surface area (Å²) in [4.78, 5) is 20.7. The van der Waals surface area contributed by atoms with Gasteiger partial charge in [-0.15, -0.1) is 0 Å². The zero-order valence-corrected chi connectivity index (χ0v) is 13.2. The van der Waals surface area contributed by atoms with Gasteiger partial charge < -0.3 is 23.7 Å². The second-order valence-electron chi connectivity index (χ2n) is 3.65. The number of ether oxygens (including phenoxy) is 5. The van der Waals surface area contributed by atoms with E-state index in [0.29, 0.717) is 52.9 Å². The van der Waals surface area contributed by atoms with E-state index in [1.807, 2.05) is 0 Å². The number of carbonyl (C=O) groups excluding carboxylic acids is 2.